The number of halogens is 2. The summed E-state index contributed by atoms with van der Waals surface area (Å²) in [5.41, 5.74) is 3.04. The summed E-state index contributed by atoms with van der Waals surface area (Å²) in [5, 5.41) is 7.43. The molecule has 9 heteroatoms. The van der Waals surface area contributed by atoms with Crippen LogP contribution in [0.25, 0.3) is 6.08 Å². The Balaban J connectivity index is 1.44. The number of benzene rings is 2. The first-order valence-corrected chi connectivity index (χ1v) is 12.6. The number of H-pyrrole nitrogens is 1. The summed E-state index contributed by atoms with van der Waals surface area (Å²) in [7, 11) is 0. The van der Waals surface area contributed by atoms with Crippen LogP contribution in [0, 0.1) is 5.92 Å². The summed E-state index contributed by atoms with van der Waals surface area (Å²) in [6.45, 7) is -0.545. The number of fused-ring (bicyclic) bond motifs is 1. The molecule has 1 aromatic heterocycles. The van der Waals surface area contributed by atoms with Gasteiger partial charge in [-0.2, -0.15) is 5.10 Å². The van der Waals surface area contributed by atoms with Crippen LogP contribution in [0.3, 0.4) is 0 Å². The van der Waals surface area contributed by atoms with Gasteiger partial charge in [0.05, 0.1) is 11.8 Å². The molecule has 2 unspecified atom stereocenters. The van der Waals surface area contributed by atoms with Crippen LogP contribution >= 0.6 is 23.2 Å². The van der Waals surface area contributed by atoms with Gasteiger partial charge in [0.15, 0.2) is 6.61 Å². The fraction of sp³-hybridized carbons (Fsp3) is 0.214. The molecule has 5 rings (SSSR count). The molecule has 1 amide bonds. The highest BCUT2D eigenvalue weighted by Gasteiger charge is 2.43. The van der Waals surface area contributed by atoms with Crippen LogP contribution in [0.1, 0.15) is 46.8 Å². The number of ether oxygens (including phenoxy) is 1. The molecule has 2 atom stereocenters. The number of aromatic amines is 1. The summed E-state index contributed by atoms with van der Waals surface area (Å²) in [4.78, 5) is 40.1. The second kappa shape index (κ2) is 10.7. The van der Waals surface area contributed by atoms with Gasteiger partial charge in [0, 0.05) is 22.2 Å². The van der Waals surface area contributed by atoms with Gasteiger partial charge in [-0.05, 0) is 78.4 Å². The predicted molar refractivity (Wildman–Crippen MR) is 143 cm³/mol. The van der Waals surface area contributed by atoms with E-state index in [-0.39, 0.29) is 17.5 Å². The summed E-state index contributed by atoms with van der Waals surface area (Å²) in [6.07, 6.45) is 6.13. The molecular formula is C28H23Cl2N3O4. The van der Waals surface area contributed by atoms with Crippen molar-refractivity contribution < 1.29 is 14.3 Å². The lowest BCUT2D eigenvalue weighted by Gasteiger charge is -2.29. The number of amides is 1. The Morgan fingerprint density at radius 3 is 2.46 bits per heavy atom. The van der Waals surface area contributed by atoms with Crippen molar-refractivity contribution in [2.24, 2.45) is 11.0 Å². The van der Waals surface area contributed by atoms with E-state index in [1.165, 1.54) is 23.3 Å². The van der Waals surface area contributed by atoms with Crippen molar-refractivity contribution in [1.29, 1.82) is 0 Å². The Morgan fingerprint density at radius 2 is 1.76 bits per heavy atom. The fourth-order valence-electron chi connectivity index (χ4n) is 4.81. The predicted octanol–water partition coefficient (Wildman–Crippen LogP) is 5.66. The number of pyridine rings is 1. The van der Waals surface area contributed by atoms with E-state index in [0.717, 1.165) is 41.7 Å². The molecule has 0 saturated heterocycles. The Bertz CT molecular complexity index is 1450. The van der Waals surface area contributed by atoms with E-state index >= 15 is 0 Å². The maximum atomic E-state index is 13.4. The van der Waals surface area contributed by atoms with Crippen LogP contribution in [0.4, 0.5) is 0 Å². The number of hydrazone groups is 1. The summed E-state index contributed by atoms with van der Waals surface area (Å²) in [6, 6.07) is 17.4. The Morgan fingerprint density at radius 1 is 1.05 bits per heavy atom. The van der Waals surface area contributed by atoms with Gasteiger partial charge >= 0.3 is 5.97 Å². The fourth-order valence-corrected chi connectivity index (χ4v) is 5.07. The lowest BCUT2D eigenvalue weighted by Crippen LogP contribution is -2.34. The molecule has 0 spiro atoms. The van der Waals surface area contributed by atoms with Crippen molar-refractivity contribution in [3.8, 4) is 0 Å². The number of hydrogen-bond acceptors (Lipinski definition) is 5. The first kappa shape index (κ1) is 25.0. The van der Waals surface area contributed by atoms with E-state index in [0.29, 0.717) is 10.0 Å². The van der Waals surface area contributed by atoms with Gasteiger partial charge in [0.2, 0.25) is 0 Å². The van der Waals surface area contributed by atoms with Crippen molar-refractivity contribution >= 4 is 46.9 Å². The zero-order valence-electron chi connectivity index (χ0n) is 19.7. The molecule has 1 N–H and O–H groups in total. The molecule has 2 aliphatic rings. The average Bonchev–Trinajstić information content (AvgIpc) is 3.30. The number of nitrogens with one attached hydrogen (secondary N) is 1. The SMILES string of the molecule is O=C(OCC(=O)N1N=C2C(=Cc3ccc(Cl)cc3)CCCC2C1c1ccc(Cl)cc1)c1ccc[nH]c1=O. The van der Waals surface area contributed by atoms with Crippen LogP contribution in [-0.4, -0.2) is 34.2 Å². The van der Waals surface area contributed by atoms with E-state index in [2.05, 4.69) is 11.1 Å². The highest BCUT2D eigenvalue weighted by molar-refractivity contribution is 6.30. The van der Waals surface area contributed by atoms with E-state index in [9.17, 15) is 14.4 Å². The quantitative estimate of drug-likeness (QED) is 0.426. The lowest BCUT2D eigenvalue weighted by molar-refractivity contribution is -0.137. The normalized spacial score (nSPS) is 19.9. The average molecular weight is 536 g/mol. The van der Waals surface area contributed by atoms with E-state index in [1.807, 2.05) is 36.4 Å². The van der Waals surface area contributed by atoms with Crippen molar-refractivity contribution in [2.45, 2.75) is 25.3 Å². The molecule has 1 saturated carbocycles. The van der Waals surface area contributed by atoms with Crippen LogP contribution in [-0.2, 0) is 9.53 Å². The van der Waals surface area contributed by atoms with E-state index in [4.69, 9.17) is 33.0 Å². The van der Waals surface area contributed by atoms with Gasteiger partial charge in [-0.15, -0.1) is 0 Å². The largest absolute Gasteiger partial charge is 0.452 e. The molecule has 2 aromatic carbocycles. The number of carbonyl (C=O) groups is 2. The molecule has 1 aliphatic carbocycles. The van der Waals surface area contributed by atoms with Gasteiger partial charge in [0.25, 0.3) is 11.5 Å². The van der Waals surface area contributed by atoms with Crippen molar-refractivity contribution in [1.82, 2.24) is 9.99 Å². The van der Waals surface area contributed by atoms with Crippen molar-refractivity contribution in [3.63, 3.8) is 0 Å². The van der Waals surface area contributed by atoms with Gasteiger partial charge in [0.1, 0.15) is 5.56 Å². The van der Waals surface area contributed by atoms with Crippen LogP contribution in [0.2, 0.25) is 10.0 Å². The Hall–Kier alpha value is -3.68. The number of nitrogens with zero attached hydrogens (tertiary/aromatic N) is 2. The molecule has 3 aromatic rings. The zero-order chi connectivity index (χ0) is 25.9. The van der Waals surface area contributed by atoms with E-state index < -0.39 is 24.0 Å². The molecule has 7 nitrogen and oxygen atoms in total. The maximum absolute atomic E-state index is 13.4. The minimum Gasteiger partial charge on any atom is -0.452 e. The third-order valence-electron chi connectivity index (χ3n) is 6.54. The van der Waals surface area contributed by atoms with Gasteiger partial charge < -0.3 is 9.72 Å². The third kappa shape index (κ3) is 5.38. The van der Waals surface area contributed by atoms with Crippen molar-refractivity contribution in [2.75, 3.05) is 6.61 Å². The van der Waals surface area contributed by atoms with E-state index in [1.54, 1.807) is 12.1 Å². The second-order valence-corrected chi connectivity index (χ2v) is 9.80. The summed E-state index contributed by atoms with van der Waals surface area (Å²) in [5.74, 6) is -1.37. The number of allylic oxidation sites excluding steroid dienone is 1. The number of aromatic nitrogens is 1. The molecule has 0 bridgehead atoms. The summed E-state index contributed by atoms with van der Waals surface area (Å²) < 4.78 is 5.21. The van der Waals surface area contributed by atoms with Crippen LogP contribution < -0.4 is 5.56 Å². The molecule has 1 fully saturated rings. The van der Waals surface area contributed by atoms with Crippen LogP contribution in [0.15, 0.2) is 82.3 Å². The number of hydrogen-bond donors (Lipinski definition) is 1. The smallest absolute Gasteiger partial charge is 0.344 e. The lowest BCUT2D eigenvalue weighted by atomic mass is 9.77. The summed E-state index contributed by atoms with van der Waals surface area (Å²) >= 11 is 12.2. The minimum atomic E-state index is -0.870. The monoisotopic (exact) mass is 535 g/mol. The van der Waals surface area contributed by atoms with Crippen LogP contribution in [0.5, 0.6) is 0 Å². The number of rotatable bonds is 5. The third-order valence-corrected chi connectivity index (χ3v) is 7.05. The minimum absolute atomic E-state index is 0.0231. The first-order chi connectivity index (χ1) is 17.9. The van der Waals surface area contributed by atoms with Gasteiger partial charge in [-0.25, -0.2) is 9.80 Å². The van der Waals surface area contributed by atoms with Gasteiger partial charge in [-0.3, -0.25) is 9.59 Å². The van der Waals surface area contributed by atoms with Gasteiger partial charge in [-0.1, -0.05) is 47.5 Å². The maximum Gasteiger partial charge on any atom is 0.344 e. The second-order valence-electron chi connectivity index (χ2n) is 8.93. The highest BCUT2D eigenvalue weighted by Crippen LogP contribution is 2.44. The number of carbonyl (C=O) groups excluding carboxylic acids is 2. The molecular weight excluding hydrogens is 513 g/mol. The van der Waals surface area contributed by atoms with Crippen molar-refractivity contribution in [3.05, 3.63) is 110 Å². The Kier molecular flexibility index (Phi) is 7.26. The molecule has 37 heavy (non-hydrogen) atoms. The zero-order valence-corrected chi connectivity index (χ0v) is 21.2. The highest BCUT2D eigenvalue weighted by atomic mass is 35.5. The topological polar surface area (TPSA) is 91.8 Å². The molecule has 188 valence electrons. The molecule has 0 radical (unpaired) electrons. The number of esters is 1. The Labute approximate surface area is 223 Å². The molecule has 1 aliphatic heterocycles. The first-order valence-electron chi connectivity index (χ1n) is 11.9. The molecule has 2 heterocycles. The standard InChI is InChI=1S/C28H23Cl2N3O4/c29-20-10-6-17(7-11-20)15-19-3-1-4-22-25(19)32-33(26(22)18-8-12-21(30)13-9-18)24(34)16-37-28(36)23-5-2-14-31-27(23)35/h2,5-15,22,26H,1,3-4,16H2,(H,31,35).